The van der Waals surface area contributed by atoms with Crippen molar-refractivity contribution in [2.75, 3.05) is 20.3 Å². The Hall–Kier alpha value is -3.08. The molecule has 4 rings (SSSR count). The second-order valence-electron chi connectivity index (χ2n) is 8.31. The van der Waals surface area contributed by atoms with Crippen molar-refractivity contribution >= 4 is 16.9 Å². The fraction of sp³-hybridized carbons (Fsp3) is 0.435. The molecule has 0 aliphatic carbocycles. The van der Waals surface area contributed by atoms with Crippen molar-refractivity contribution in [1.82, 2.24) is 19.4 Å². The molecule has 1 amide bonds. The van der Waals surface area contributed by atoms with Crippen LogP contribution in [-0.4, -0.2) is 58.1 Å². The van der Waals surface area contributed by atoms with E-state index in [0.29, 0.717) is 33.0 Å². The molecule has 34 heavy (non-hydrogen) atoms. The number of aromatic nitrogens is 3. The molecule has 6 nitrogen and oxygen atoms in total. The highest BCUT2D eigenvalue weighted by molar-refractivity contribution is 5.96. The summed E-state index contributed by atoms with van der Waals surface area (Å²) in [5.41, 5.74) is 0.0563. The van der Waals surface area contributed by atoms with Gasteiger partial charge in [-0.25, -0.2) is 18.2 Å². The molecular weight excluding hydrogens is 459 g/mol. The molecule has 0 saturated carbocycles. The molecule has 1 aromatic carbocycles. The first-order chi connectivity index (χ1) is 16.1. The molecule has 1 saturated heterocycles. The Balaban J connectivity index is 1.73. The van der Waals surface area contributed by atoms with Gasteiger partial charge in [0, 0.05) is 45.0 Å². The number of carbonyl (C=O) groups excluding carboxylic acids is 1. The first-order valence-corrected chi connectivity index (χ1v) is 10.7. The molecule has 3 heterocycles. The predicted molar refractivity (Wildman–Crippen MR) is 114 cm³/mol. The first-order valence-electron chi connectivity index (χ1n) is 10.7. The molecule has 0 radical (unpaired) electrons. The van der Waals surface area contributed by atoms with Crippen molar-refractivity contribution in [3.8, 4) is 11.3 Å². The molecule has 2 aromatic heterocycles. The number of pyridine rings is 1. The average Bonchev–Trinajstić information content (AvgIpc) is 3.17. The molecule has 1 aliphatic heterocycles. The SMILES string of the molecule is CN(C(=O)c1ccc(-c2nccc3c2nc(C(C)(F)F)n3CC(F)F)cc1F)C1CCOCC1. The monoisotopic (exact) mass is 482 g/mol. The Labute approximate surface area is 192 Å². The van der Waals surface area contributed by atoms with Gasteiger partial charge in [0.05, 0.1) is 23.3 Å². The zero-order chi connectivity index (χ0) is 24.6. The second-order valence-corrected chi connectivity index (χ2v) is 8.31. The number of benzene rings is 1. The van der Waals surface area contributed by atoms with Crippen LogP contribution in [0, 0.1) is 5.82 Å². The highest BCUT2D eigenvalue weighted by Crippen LogP contribution is 2.34. The van der Waals surface area contributed by atoms with Crippen LogP contribution in [0.15, 0.2) is 30.5 Å². The van der Waals surface area contributed by atoms with E-state index in [1.807, 2.05) is 0 Å². The fourth-order valence-corrected chi connectivity index (χ4v) is 4.19. The van der Waals surface area contributed by atoms with Crippen LogP contribution in [0.1, 0.15) is 35.9 Å². The lowest BCUT2D eigenvalue weighted by atomic mass is 10.0. The van der Waals surface area contributed by atoms with Gasteiger partial charge in [-0.05, 0) is 31.0 Å². The molecule has 11 heteroatoms. The highest BCUT2D eigenvalue weighted by Gasteiger charge is 2.34. The van der Waals surface area contributed by atoms with Crippen LogP contribution in [0.5, 0.6) is 0 Å². The number of fused-ring (bicyclic) bond motifs is 1. The zero-order valence-corrected chi connectivity index (χ0v) is 18.6. The van der Waals surface area contributed by atoms with Crippen LogP contribution in [-0.2, 0) is 17.2 Å². The van der Waals surface area contributed by atoms with Crippen molar-refractivity contribution in [3.05, 3.63) is 47.7 Å². The number of ether oxygens (including phenoxy) is 1. The molecule has 182 valence electrons. The zero-order valence-electron chi connectivity index (χ0n) is 18.6. The van der Waals surface area contributed by atoms with Crippen LogP contribution in [0.3, 0.4) is 0 Å². The Kier molecular flexibility index (Phi) is 6.57. The van der Waals surface area contributed by atoms with Gasteiger partial charge in [0.15, 0.2) is 5.82 Å². The predicted octanol–water partition coefficient (Wildman–Crippen LogP) is 4.87. The highest BCUT2D eigenvalue weighted by atomic mass is 19.3. The van der Waals surface area contributed by atoms with Gasteiger partial charge in [0.25, 0.3) is 12.3 Å². The Bertz CT molecular complexity index is 1200. The fourth-order valence-electron chi connectivity index (χ4n) is 4.19. The van der Waals surface area contributed by atoms with E-state index in [9.17, 15) is 22.4 Å². The number of imidazole rings is 1. The summed E-state index contributed by atoms with van der Waals surface area (Å²) in [5.74, 6) is -5.62. The summed E-state index contributed by atoms with van der Waals surface area (Å²) in [6.45, 7) is 0.643. The molecule has 0 unspecified atom stereocenters. The Morgan fingerprint density at radius 1 is 1.26 bits per heavy atom. The van der Waals surface area contributed by atoms with Crippen molar-refractivity contribution < 1.29 is 31.5 Å². The van der Waals surface area contributed by atoms with E-state index in [-0.39, 0.29) is 33.9 Å². The minimum absolute atomic E-state index is 0.0293. The second kappa shape index (κ2) is 9.28. The molecule has 0 atom stereocenters. The van der Waals surface area contributed by atoms with Crippen LogP contribution in [0.2, 0.25) is 0 Å². The Morgan fingerprint density at radius 3 is 2.59 bits per heavy atom. The van der Waals surface area contributed by atoms with E-state index in [4.69, 9.17) is 4.74 Å². The summed E-state index contributed by atoms with van der Waals surface area (Å²) in [5, 5.41) is 0. The number of halogens is 5. The number of amides is 1. The van der Waals surface area contributed by atoms with Gasteiger partial charge in [-0.2, -0.15) is 8.78 Å². The molecule has 0 spiro atoms. The molecule has 3 aromatic rings. The van der Waals surface area contributed by atoms with Crippen molar-refractivity contribution in [3.63, 3.8) is 0 Å². The standard InChI is InChI=1S/C23H23F5N4O2/c1-23(27,28)22-30-20-17(32(22)12-18(25)26)5-8-29-19(20)13-3-4-15(16(24)11-13)21(33)31(2)14-6-9-34-10-7-14/h3-5,8,11,14,18H,6-7,9-10,12H2,1-2H3. The summed E-state index contributed by atoms with van der Waals surface area (Å²) in [6, 6.07) is 5.05. The smallest absolute Gasteiger partial charge is 0.302 e. The maximum atomic E-state index is 15.0. The molecule has 1 fully saturated rings. The summed E-state index contributed by atoms with van der Waals surface area (Å²) in [4.78, 5) is 22.4. The summed E-state index contributed by atoms with van der Waals surface area (Å²) in [7, 11) is 1.61. The van der Waals surface area contributed by atoms with Crippen molar-refractivity contribution in [2.24, 2.45) is 0 Å². The number of nitrogens with zero attached hydrogens (tertiary/aromatic N) is 4. The van der Waals surface area contributed by atoms with Gasteiger partial charge in [0.2, 0.25) is 0 Å². The van der Waals surface area contributed by atoms with Gasteiger partial charge >= 0.3 is 5.92 Å². The molecule has 0 N–H and O–H groups in total. The third kappa shape index (κ3) is 4.61. The first kappa shape index (κ1) is 24.1. The van der Waals surface area contributed by atoms with E-state index in [1.54, 1.807) is 7.05 Å². The number of hydrogen-bond donors (Lipinski definition) is 0. The largest absolute Gasteiger partial charge is 0.381 e. The number of hydrogen-bond acceptors (Lipinski definition) is 4. The van der Waals surface area contributed by atoms with Crippen LogP contribution < -0.4 is 0 Å². The number of rotatable bonds is 6. The van der Waals surface area contributed by atoms with Gasteiger partial charge in [-0.1, -0.05) is 6.07 Å². The third-order valence-electron chi connectivity index (χ3n) is 5.91. The van der Waals surface area contributed by atoms with Crippen LogP contribution >= 0.6 is 0 Å². The molecule has 1 aliphatic rings. The van der Waals surface area contributed by atoms with E-state index in [1.165, 1.54) is 29.3 Å². The summed E-state index contributed by atoms with van der Waals surface area (Å²) in [6.07, 6.45) is -0.320. The van der Waals surface area contributed by atoms with E-state index < -0.39 is 36.4 Å². The molecule has 0 bridgehead atoms. The minimum atomic E-state index is -3.48. The van der Waals surface area contributed by atoms with Crippen LogP contribution in [0.25, 0.3) is 22.3 Å². The van der Waals surface area contributed by atoms with Gasteiger partial charge < -0.3 is 14.2 Å². The van der Waals surface area contributed by atoms with Gasteiger partial charge in [0.1, 0.15) is 11.3 Å². The normalized spacial score (nSPS) is 15.3. The maximum Gasteiger partial charge on any atom is 0.302 e. The van der Waals surface area contributed by atoms with Gasteiger partial charge in [-0.3, -0.25) is 9.78 Å². The topological polar surface area (TPSA) is 60.2 Å². The van der Waals surface area contributed by atoms with E-state index in [2.05, 4.69) is 9.97 Å². The van der Waals surface area contributed by atoms with Gasteiger partial charge in [-0.15, -0.1) is 0 Å². The maximum absolute atomic E-state index is 15.0. The summed E-state index contributed by atoms with van der Waals surface area (Å²) >= 11 is 0. The third-order valence-corrected chi connectivity index (χ3v) is 5.91. The number of alkyl halides is 4. The van der Waals surface area contributed by atoms with Crippen molar-refractivity contribution in [2.45, 2.75) is 44.7 Å². The number of carbonyl (C=O) groups is 1. The summed E-state index contributed by atoms with van der Waals surface area (Å²) < 4.78 is 75.5. The minimum Gasteiger partial charge on any atom is -0.381 e. The van der Waals surface area contributed by atoms with Crippen LogP contribution in [0.4, 0.5) is 22.0 Å². The van der Waals surface area contributed by atoms with E-state index in [0.717, 1.165) is 10.6 Å². The lowest BCUT2D eigenvalue weighted by molar-refractivity contribution is 0.00166. The van der Waals surface area contributed by atoms with E-state index >= 15 is 4.39 Å². The lowest BCUT2D eigenvalue weighted by Gasteiger charge is -2.31. The Morgan fingerprint density at radius 2 is 1.97 bits per heavy atom. The van der Waals surface area contributed by atoms with Crippen molar-refractivity contribution in [1.29, 1.82) is 0 Å². The lowest BCUT2D eigenvalue weighted by Crippen LogP contribution is -2.40. The quantitative estimate of drug-likeness (QED) is 0.471. The average molecular weight is 482 g/mol. The molecular formula is C23H23F5N4O2.